The molecule has 0 heterocycles. The van der Waals surface area contributed by atoms with Crippen LogP contribution >= 0.6 is 11.6 Å². The highest BCUT2D eigenvalue weighted by molar-refractivity contribution is 6.30. The molecular formula is C14H12ClN3O2. The van der Waals surface area contributed by atoms with Crippen molar-refractivity contribution in [2.45, 2.75) is 0 Å². The van der Waals surface area contributed by atoms with Gasteiger partial charge in [-0.25, -0.2) is 10.2 Å². The van der Waals surface area contributed by atoms with Gasteiger partial charge >= 0.3 is 6.03 Å². The summed E-state index contributed by atoms with van der Waals surface area (Å²) in [6.45, 7) is 0. The molecule has 0 aliphatic carbocycles. The van der Waals surface area contributed by atoms with E-state index in [-0.39, 0.29) is 0 Å². The van der Waals surface area contributed by atoms with Crippen LogP contribution in [0.3, 0.4) is 0 Å². The minimum absolute atomic E-state index is 0.658. The number of hydrazone groups is 1. The number of nitrogens with zero attached hydrogens (tertiary/aromatic N) is 1. The third-order valence-electron chi connectivity index (χ3n) is 2.32. The minimum Gasteiger partial charge on any atom is -0.457 e. The fraction of sp³-hybridized carbons (Fsp3) is 0. The van der Waals surface area contributed by atoms with Crippen molar-refractivity contribution in [3.8, 4) is 11.5 Å². The zero-order valence-corrected chi connectivity index (χ0v) is 11.2. The van der Waals surface area contributed by atoms with E-state index in [0.717, 1.165) is 5.56 Å². The molecule has 0 aromatic heterocycles. The van der Waals surface area contributed by atoms with Crippen molar-refractivity contribution in [1.82, 2.24) is 5.43 Å². The van der Waals surface area contributed by atoms with Gasteiger partial charge in [0.05, 0.1) is 6.21 Å². The lowest BCUT2D eigenvalue weighted by atomic mass is 10.2. The van der Waals surface area contributed by atoms with Gasteiger partial charge in [0, 0.05) is 5.02 Å². The summed E-state index contributed by atoms with van der Waals surface area (Å²) in [7, 11) is 0. The van der Waals surface area contributed by atoms with E-state index in [4.69, 9.17) is 22.1 Å². The predicted octanol–water partition coefficient (Wildman–Crippen LogP) is 3.13. The Labute approximate surface area is 121 Å². The number of primary amides is 1. The molecule has 20 heavy (non-hydrogen) atoms. The van der Waals surface area contributed by atoms with Gasteiger partial charge in [-0.3, -0.25) is 0 Å². The summed E-state index contributed by atoms with van der Waals surface area (Å²) < 4.78 is 5.64. The normalized spacial score (nSPS) is 10.4. The molecule has 0 atom stereocenters. The summed E-state index contributed by atoms with van der Waals surface area (Å²) in [5, 5.41) is 4.32. The first-order chi connectivity index (χ1) is 9.63. The van der Waals surface area contributed by atoms with E-state index >= 15 is 0 Å². The van der Waals surface area contributed by atoms with Gasteiger partial charge < -0.3 is 10.5 Å². The molecule has 0 fully saturated rings. The summed E-state index contributed by atoms with van der Waals surface area (Å²) in [5.74, 6) is 1.39. The monoisotopic (exact) mass is 289 g/mol. The maximum Gasteiger partial charge on any atom is 0.332 e. The SMILES string of the molecule is NC(=O)N/N=C\c1ccc(Oc2ccc(Cl)cc2)cc1. The van der Waals surface area contributed by atoms with Crippen molar-refractivity contribution in [3.05, 3.63) is 59.1 Å². The number of hydrogen-bond donors (Lipinski definition) is 2. The number of nitrogens with one attached hydrogen (secondary N) is 1. The number of halogens is 1. The van der Waals surface area contributed by atoms with Gasteiger partial charge in [0.1, 0.15) is 11.5 Å². The van der Waals surface area contributed by atoms with Crippen LogP contribution in [0.5, 0.6) is 11.5 Å². The Bertz CT molecular complexity index is 609. The summed E-state index contributed by atoms with van der Waals surface area (Å²) in [5.41, 5.74) is 7.81. The molecule has 0 aliphatic rings. The standard InChI is InChI=1S/C14H12ClN3O2/c15-11-3-7-13(8-4-11)20-12-5-1-10(2-6-12)9-17-18-14(16)19/h1-9H,(H3,16,18,19)/b17-9-. The van der Waals surface area contributed by atoms with Crippen LogP contribution in [0.2, 0.25) is 5.02 Å². The Morgan fingerprint density at radius 1 is 1.10 bits per heavy atom. The van der Waals surface area contributed by atoms with Crippen molar-refractivity contribution in [2.24, 2.45) is 10.8 Å². The van der Waals surface area contributed by atoms with Crippen LogP contribution in [0.1, 0.15) is 5.56 Å². The number of ether oxygens (including phenoxy) is 1. The average molecular weight is 290 g/mol. The van der Waals surface area contributed by atoms with Crippen LogP contribution in [-0.2, 0) is 0 Å². The average Bonchev–Trinajstić information content (AvgIpc) is 2.43. The first-order valence-electron chi connectivity index (χ1n) is 5.75. The van der Waals surface area contributed by atoms with Crippen LogP contribution < -0.4 is 15.9 Å². The maximum atomic E-state index is 10.4. The van der Waals surface area contributed by atoms with Gasteiger partial charge in [-0.1, -0.05) is 11.6 Å². The lowest BCUT2D eigenvalue weighted by molar-refractivity contribution is 0.249. The molecule has 2 amide bonds. The summed E-state index contributed by atoms with van der Waals surface area (Å²) in [6, 6.07) is 13.6. The molecule has 2 aromatic rings. The molecule has 0 saturated heterocycles. The van der Waals surface area contributed by atoms with Crippen LogP contribution in [0, 0.1) is 0 Å². The number of rotatable bonds is 4. The molecule has 0 bridgehead atoms. The molecule has 0 aliphatic heterocycles. The van der Waals surface area contributed by atoms with E-state index in [1.165, 1.54) is 6.21 Å². The van der Waals surface area contributed by atoms with Gasteiger partial charge in [-0.2, -0.15) is 5.10 Å². The molecule has 0 spiro atoms. The van der Waals surface area contributed by atoms with Crippen molar-refractivity contribution < 1.29 is 9.53 Å². The Morgan fingerprint density at radius 3 is 2.20 bits per heavy atom. The second kappa shape index (κ2) is 6.58. The number of nitrogens with two attached hydrogens (primary N) is 1. The van der Waals surface area contributed by atoms with E-state index in [0.29, 0.717) is 16.5 Å². The number of hydrogen-bond acceptors (Lipinski definition) is 3. The van der Waals surface area contributed by atoms with Gasteiger partial charge in [0.2, 0.25) is 0 Å². The first-order valence-corrected chi connectivity index (χ1v) is 6.13. The molecule has 102 valence electrons. The quantitative estimate of drug-likeness (QED) is 0.670. The molecule has 0 saturated carbocycles. The van der Waals surface area contributed by atoms with E-state index in [2.05, 4.69) is 10.5 Å². The summed E-state index contributed by atoms with van der Waals surface area (Å²) in [6.07, 6.45) is 1.48. The fourth-order valence-corrected chi connectivity index (χ4v) is 1.56. The minimum atomic E-state index is -0.705. The fourth-order valence-electron chi connectivity index (χ4n) is 1.43. The number of carbonyl (C=O) groups excluding carboxylic acids is 1. The highest BCUT2D eigenvalue weighted by Gasteiger charge is 1.97. The van der Waals surface area contributed by atoms with Gasteiger partial charge in [0.25, 0.3) is 0 Å². The molecule has 2 aromatic carbocycles. The van der Waals surface area contributed by atoms with Crippen LogP contribution in [0.15, 0.2) is 53.6 Å². The molecule has 6 heteroatoms. The van der Waals surface area contributed by atoms with E-state index in [9.17, 15) is 4.79 Å². The third-order valence-corrected chi connectivity index (χ3v) is 2.57. The number of amides is 2. The largest absolute Gasteiger partial charge is 0.457 e. The summed E-state index contributed by atoms with van der Waals surface area (Å²) >= 11 is 5.80. The lowest BCUT2D eigenvalue weighted by Gasteiger charge is -2.05. The lowest BCUT2D eigenvalue weighted by Crippen LogP contribution is -2.24. The Kier molecular flexibility index (Phi) is 4.57. The van der Waals surface area contributed by atoms with Crippen molar-refractivity contribution in [1.29, 1.82) is 0 Å². The molecule has 3 N–H and O–H groups in total. The van der Waals surface area contributed by atoms with Gasteiger partial charge in [0.15, 0.2) is 0 Å². The van der Waals surface area contributed by atoms with E-state index in [1.54, 1.807) is 48.5 Å². The predicted molar refractivity (Wildman–Crippen MR) is 78.3 cm³/mol. The van der Waals surface area contributed by atoms with E-state index < -0.39 is 6.03 Å². The van der Waals surface area contributed by atoms with E-state index in [1.807, 2.05) is 0 Å². The molecule has 0 unspecified atom stereocenters. The number of benzene rings is 2. The van der Waals surface area contributed by atoms with Crippen molar-refractivity contribution in [3.63, 3.8) is 0 Å². The van der Waals surface area contributed by atoms with Gasteiger partial charge in [-0.05, 0) is 54.1 Å². The van der Waals surface area contributed by atoms with Crippen LogP contribution in [-0.4, -0.2) is 12.2 Å². The Hall–Kier alpha value is -2.53. The Balaban J connectivity index is 1.99. The molecule has 5 nitrogen and oxygen atoms in total. The van der Waals surface area contributed by atoms with Gasteiger partial charge in [-0.15, -0.1) is 0 Å². The second-order valence-electron chi connectivity index (χ2n) is 3.86. The molecule has 0 radical (unpaired) electrons. The topological polar surface area (TPSA) is 76.7 Å². The summed E-state index contributed by atoms with van der Waals surface area (Å²) in [4.78, 5) is 10.4. The maximum absolute atomic E-state index is 10.4. The molecule has 2 rings (SSSR count). The zero-order chi connectivity index (χ0) is 14.4. The molecular weight excluding hydrogens is 278 g/mol. The first kappa shape index (κ1) is 13.9. The van der Waals surface area contributed by atoms with Crippen LogP contribution in [0.25, 0.3) is 0 Å². The van der Waals surface area contributed by atoms with Crippen molar-refractivity contribution in [2.75, 3.05) is 0 Å². The highest BCUT2D eigenvalue weighted by Crippen LogP contribution is 2.22. The second-order valence-corrected chi connectivity index (χ2v) is 4.30. The smallest absolute Gasteiger partial charge is 0.332 e. The number of urea groups is 1. The third kappa shape index (κ3) is 4.29. The zero-order valence-electron chi connectivity index (χ0n) is 10.4. The van der Waals surface area contributed by atoms with Crippen molar-refractivity contribution >= 4 is 23.8 Å². The Morgan fingerprint density at radius 2 is 1.65 bits per heavy atom. The van der Waals surface area contributed by atoms with Crippen LogP contribution in [0.4, 0.5) is 4.79 Å². The number of carbonyl (C=O) groups is 1. The highest BCUT2D eigenvalue weighted by atomic mass is 35.5.